The molecule has 0 fully saturated rings. The zero-order valence-corrected chi connectivity index (χ0v) is 13.8. The number of halogens is 1. The highest BCUT2D eigenvalue weighted by Gasteiger charge is 2.16. The Hall–Kier alpha value is -1.52. The standard InChI is InChI=1S/C16H18ClN3S/c1-3-7-20-14-6-5-10(17)8-13(14)19-16(20)12-9-11(4-2)21-15(12)18/h5-6,8-9H,3-4,7,18H2,1-2H3. The van der Waals surface area contributed by atoms with Gasteiger partial charge in [-0.05, 0) is 37.1 Å². The monoisotopic (exact) mass is 319 g/mol. The molecule has 0 bridgehead atoms. The molecule has 0 aliphatic carbocycles. The number of imidazole rings is 1. The molecule has 0 unspecified atom stereocenters. The van der Waals surface area contributed by atoms with Crippen molar-refractivity contribution in [2.45, 2.75) is 33.2 Å². The number of anilines is 1. The van der Waals surface area contributed by atoms with Gasteiger partial charge in [0.05, 0.1) is 21.6 Å². The minimum atomic E-state index is 0.711. The summed E-state index contributed by atoms with van der Waals surface area (Å²) in [5, 5.41) is 1.55. The van der Waals surface area contributed by atoms with Gasteiger partial charge < -0.3 is 10.3 Å². The average Bonchev–Trinajstić information content (AvgIpc) is 3.00. The van der Waals surface area contributed by atoms with E-state index in [0.29, 0.717) is 5.02 Å². The lowest BCUT2D eigenvalue weighted by Crippen LogP contribution is -2.00. The van der Waals surface area contributed by atoms with Crippen molar-refractivity contribution >= 4 is 39.0 Å². The molecule has 0 aliphatic heterocycles. The first-order valence-corrected chi connectivity index (χ1v) is 8.37. The Labute approximate surface area is 133 Å². The van der Waals surface area contributed by atoms with Gasteiger partial charge in [-0.3, -0.25) is 0 Å². The Bertz CT molecular complexity index is 788. The topological polar surface area (TPSA) is 43.8 Å². The summed E-state index contributed by atoms with van der Waals surface area (Å²) in [6, 6.07) is 8.02. The van der Waals surface area contributed by atoms with Crippen molar-refractivity contribution in [1.29, 1.82) is 0 Å². The number of benzene rings is 1. The second-order valence-electron chi connectivity index (χ2n) is 5.06. The van der Waals surface area contributed by atoms with Gasteiger partial charge >= 0.3 is 0 Å². The van der Waals surface area contributed by atoms with E-state index in [9.17, 15) is 0 Å². The molecule has 110 valence electrons. The number of nitrogens with zero attached hydrogens (tertiary/aromatic N) is 2. The van der Waals surface area contributed by atoms with Crippen molar-refractivity contribution in [3.8, 4) is 11.4 Å². The van der Waals surface area contributed by atoms with Gasteiger partial charge in [0.1, 0.15) is 5.82 Å². The summed E-state index contributed by atoms with van der Waals surface area (Å²) in [6.07, 6.45) is 2.04. The lowest BCUT2D eigenvalue weighted by molar-refractivity contribution is 0.704. The van der Waals surface area contributed by atoms with E-state index in [1.807, 2.05) is 18.2 Å². The van der Waals surface area contributed by atoms with E-state index in [4.69, 9.17) is 22.3 Å². The molecule has 5 heteroatoms. The molecule has 0 atom stereocenters. The van der Waals surface area contributed by atoms with E-state index >= 15 is 0 Å². The molecule has 2 aromatic heterocycles. The highest BCUT2D eigenvalue weighted by atomic mass is 35.5. The number of fused-ring (bicyclic) bond motifs is 1. The van der Waals surface area contributed by atoms with Crippen LogP contribution in [0.25, 0.3) is 22.4 Å². The lowest BCUT2D eigenvalue weighted by Gasteiger charge is -2.07. The molecule has 0 radical (unpaired) electrons. The molecule has 2 heterocycles. The van der Waals surface area contributed by atoms with Crippen LogP contribution in [-0.4, -0.2) is 9.55 Å². The summed E-state index contributed by atoms with van der Waals surface area (Å²) in [7, 11) is 0. The zero-order chi connectivity index (χ0) is 15.0. The van der Waals surface area contributed by atoms with Crippen LogP contribution in [0.5, 0.6) is 0 Å². The first-order chi connectivity index (χ1) is 10.1. The number of aromatic nitrogens is 2. The quantitative estimate of drug-likeness (QED) is 0.737. The molecular formula is C16H18ClN3S. The number of hydrogen-bond acceptors (Lipinski definition) is 3. The first kappa shape index (κ1) is 14.4. The first-order valence-electron chi connectivity index (χ1n) is 7.18. The fraction of sp³-hybridized carbons (Fsp3) is 0.312. The minimum absolute atomic E-state index is 0.711. The predicted molar refractivity (Wildman–Crippen MR) is 92.1 cm³/mol. The van der Waals surface area contributed by atoms with E-state index in [2.05, 4.69) is 24.5 Å². The van der Waals surface area contributed by atoms with Gasteiger partial charge in [0.25, 0.3) is 0 Å². The van der Waals surface area contributed by atoms with Gasteiger partial charge in [0.15, 0.2) is 0 Å². The second-order valence-corrected chi connectivity index (χ2v) is 6.67. The smallest absolute Gasteiger partial charge is 0.144 e. The normalized spacial score (nSPS) is 11.4. The maximum absolute atomic E-state index is 6.20. The number of hydrogen-bond donors (Lipinski definition) is 1. The third-order valence-corrected chi connectivity index (χ3v) is 4.90. The number of aryl methyl sites for hydroxylation is 2. The van der Waals surface area contributed by atoms with E-state index in [-0.39, 0.29) is 0 Å². The van der Waals surface area contributed by atoms with Gasteiger partial charge in [-0.25, -0.2) is 4.98 Å². The average molecular weight is 320 g/mol. The number of rotatable bonds is 4. The van der Waals surface area contributed by atoms with Crippen LogP contribution in [0.2, 0.25) is 5.02 Å². The van der Waals surface area contributed by atoms with E-state index in [1.54, 1.807) is 11.3 Å². The molecule has 0 saturated carbocycles. The summed E-state index contributed by atoms with van der Waals surface area (Å²) in [5.74, 6) is 0.947. The fourth-order valence-corrected chi connectivity index (χ4v) is 3.60. The van der Waals surface area contributed by atoms with Crippen molar-refractivity contribution < 1.29 is 0 Å². The molecule has 3 nitrogen and oxygen atoms in total. The third-order valence-electron chi connectivity index (χ3n) is 3.56. The summed E-state index contributed by atoms with van der Waals surface area (Å²) in [4.78, 5) is 6.06. The van der Waals surface area contributed by atoms with Crippen molar-refractivity contribution in [2.75, 3.05) is 5.73 Å². The van der Waals surface area contributed by atoms with E-state index in [1.165, 1.54) is 4.88 Å². The van der Waals surface area contributed by atoms with Gasteiger partial charge in [-0.1, -0.05) is 25.4 Å². The van der Waals surface area contributed by atoms with Gasteiger partial charge in [0.2, 0.25) is 0 Å². The van der Waals surface area contributed by atoms with Crippen molar-refractivity contribution in [3.05, 3.63) is 34.2 Å². The molecule has 0 amide bonds. The van der Waals surface area contributed by atoms with E-state index in [0.717, 1.165) is 46.8 Å². The Morgan fingerprint density at radius 2 is 2.10 bits per heavy atom. The summed E-state index contributed by atoms with van der Waals surface area (Å²) < 4.78 is 2.24. The van der Waals surface area contributed by atoms with Crippen LogP contribution in [-0.2, 0) is 13.0 Å². The Balaban J connectivity index is 2.24. The lowest BCUT2D eigenvalue weighted by atomic mass is 10.2. The van der Waals surface area contributed by atoms with Crippen LogP contribution in [0.15, 0.2) is 24.3 Å². The second kappa shape index (κ2) is 5.70. The summed E-state index contributed by atoms with van der Waals surface area (Å²) >= 11 is 7.74. The van der Waals surface area contributed by atoms with Gasteiger partial charge in [-0.15, -0.1) is 11.3 Å². The van der Waals surface area contributed by atoms with Crippen LogP contribution in [0.1, 0.15) is 25.1 Å². The minimum Gasteiger partial charge on any atom is -0.390 e. The molecule has 0 aliphatic rings. The SMILES string of the molecule is CCCn1c(-c2cc(CC)sc2N)nc2cc(Cl)ccc21. The Morgan fingerprint density at radius 1 is 1.29 bits per heavy atom. The van der Waals surface area contributed by atoms with E-state index < -0.39 is 0 Å². The molecule has 0 saturated heterocycles. The molecular weight excluding hydrogens is 302 g/mol. The Kier molecular flexibility index (Phi) is 3.91. The highest BCUT2D eigenvalue weighted by molar-refractivity contribution is 7.16. The highest BCUT2D eigenvalue weighted by Crippen LogP contribution is 2.36. The molecule has 3 rings (SSSR count). The van der Waals surface area contributed by atoms with Crippen LogP contribution < -0.4 is 5.73 Å². The fourth-order valence-electron chi connectivity index (χ4n) is 2.57. The van der Waals surface area contributed by atoms with Crippen molar-refractivity contribution in [1.82, 2.24) is 9.55 Å². The third kappa shape index (κ3) is 2.54. The van der Waals surface area contributed by atoms with Crippen LogP contribution in [0, 0.1) is 0 Å². The van der Waals surface area contributed by atoms with Crippen LogP contribution >= 0.6 is 22.9 Å². The summed E-state index contributed by atoms with van der Waals surface area (Å²) in [6.45, 7) is 5.23. The molecule has 1 aromatic carbocycles. The predicted octanol–water partition coefficient (Wildman–Crippen LogP) is 4.97. The number of nitrogens with two attached hydrogens (primary N) is 1. The molecule has 21 heavy (non-hydrogen) atoms. The van der Waals surface area contributed by atoms with Crippen LogP contribution in [0.3, 0.4) is 0 Å². The van der Waals surface area contributed by atoms with Crippen molar-refractivity contribution in [2.24, 2.45) is 0 Å². The van der Waals surface area contributed by atoms with Gasteiger partial charge in [0, 0.05) is 16.4 Å². The zero-order valence-electron chi connectivity index (χ0n) is 12.2. The largest absolute Gasteiger partial charge is 0.390 e. The van der Waals surface area contributed by atoms with Crippen LogP contribution in [0.4, 0.5) is 5.00 Å². The van der Waals surface area contributed by atoms with Crippen molar-refractivity contribution in [3.63, 3.8) is 0 Å². The number of thiophene rings is 1. The number of nitrogen functional groups attached to an aromatic ring is 1. The molecule has 3 aromatic rings. The molecule has 0 spiro atoms. The summed E-state index contributed by atoms with van der Waals surface area (Å²) in [5.41, 5.74) is 9.28. The molecule has 2 N–H and O–H groups in total. The maximum Gasteiger partial charge on any atom is 0.144 e. The van der Waals surface area contributed by atoms with Gasteiger partial charge in [-0.2, -0.15) is 0 Å². The Morgan fingerprint density at radius 3 is 2.76 bits per heavy atom. The maximum atomic E-state index is 6.20.